The SMILES string of the molecule is CC(C)CC(=O)N1CCN(c2ccc(NC(N)=S)cc2)CC1. The van der Waals surface area contributed by atoms with Crippen molar-refractivity contribution in [3.05, 3.63) is 24.3 Å². The molecule has 1 saturated heterocycles. The Morgan fingerprint density at radius 1 is 1.23 bits per heavy atom. The molecule has 3 N–H and O–H groups in total. The molecule has 0 saturated carbocycles. The zero-order valence-electron chi connectivity index (χ0n) is 13.2. The quantitative estimate of drug-likeness (QED) is 0.831. The van der Waals surface area contributed by atoms with E-state index in [0.717, 1.165) is 37.6 Å². The van der Waals surface area contributed by atoms with Crippen molar-refractivity contribution in [2.75, 3.05) is 36.4 Å². The number of rotatable bonds is 4. The van der Waals surface area contributed by atoms with Crippen molar-refractivity contribution in [1.82, 2.24) is 4.90 Å². The number of nitrogens with two attached hydrogens (primary N) is 1. The van der Waals surface area contributed by atoms with Crippen molar-refractivity contribution >= 4 is 34.6 Å². The van der Waals surface area contributed by atoms with Crippen LogP contribution in [0.1, 0.15) is 20.3 Å². The van der Waals surface area contributed by atoms with Crippen molar-refractivity contribution < 1.29 is 4.79 Å². The monoisotopic (exact) mass is 320 g/mol. The van der Waals surface area contributed by atoms with E-state index >= 15 is 0 Å². The topological polar surface area (TPSA) is 61.6 Å². The summed E-state index contributed by atoms with van der Waals surface area (Å²) in [4.78, 5) is 16.3. The molecule has 1 fully saturated rings. The van der Waals surface area contributed by atoms with Gasteiger partial charge in [-0.3, -0.25) is 4.79 Å². The lowest BCUT2D eigenvalue weighted by molar-refractivity contribution is -0.132. The average molecular weight is 320 g/mol. The highest BCUT2D eigenvalue weighted by Gasteiger charge is 2.21. The fraction of sp³-hybridized carbons (Fsp3) is 0.500. The fourth-order valence-corrected chi connectivity index (χ4v) is 2.71. The summed E-state index contributed by atoms with van der Waals surface area (Å²) in [5.41, 5.74) is 7.50. The zero-order valence-corrected chi connectivity index (χ0v) is 14.0. The van der Waals surface area contributed by atoms with Crippen molar-refractivity contribution in [2.45, 2.75) is 20.3 Å². The Bertz CT molecular complexity index is 521. The standard InChI is InChI=1S/C16H24N4OS/c1-12(2)11-15(21)20-9-7-19(8-10-20)14-5-3-13(4-6-14)18-16(17)22/h3-6,12H,7-11H2,1-2H3,(H3,17,18,22). The highest BCUT2D eigenvalue weighted by atomic mass is 32.1. The second kappa shape index (κ2) is 7.45. The second-order valence-electron chi connectivity index (χ2n) is 6.00. The number of hydrogen-bond donors (Lipinski definition) is 2. The van der Waals surface area contributed by atoms with E-state index in [9.17, 15) is 4.79 Å². The van der Waals surface area contributed by atoms with Gasteiger partial charge >= 0.3 is 0 Å². The normalized spacial score (nSPS) is 15.0. The Kier molecular flexibility index (Phi) is 5.60. The molecule has 2 rings (SSSR count). The van der Waals surface area contributed by atoms with Crippen LogP contribution < -0.4 is 16.0 Å². The molecule has 1 aliphatic heterocycles. The number of carbonyl (C=O) groups excluding carboxylic acids is 1. The molecule has 22 heavy (non-hydrogen) atoms. The molecular weight excluding hydrogens is 296 g/mol. The predicted octanol–water partition coefficient (Wildman–Crippen LogP) is 2.04. The predicted molar refractivity (Wildman–Crippen MR) is 95.1 cm³/mol. The highest BCUT2D eigenvalue weighted by Crippen LogP contribution is 2.20. The lowest BCUT2D eigenvalue weighted by atomic mass is 10.1. The summed E-state index contributed by atoms with van der Waals surface area (Å²) in [5.74, 6) is 0.685. The van der Waals surface area contributed by atoms with E-state index in [4.69, 9.17) is 18.0 Å². The van der Waals surface area contributed by atoms with Crippen LogP contribution in [0.3, 0.4) is 0 Å². The van der Waals surface area contributed by atoms with Gasteiger partial charge in [0.25, 0.3) is 0 Å². The molecule has 1 amide bonds. The molecule has 0 aromatic heterocycles. The maximum Gasteiger partial charge on any atom is 0.222 e. The first-order valence-electron chi connectivity index (χ1n) is 7.65. The van der Waals surface area contributed by atoms with E-state index in [0.29, 0.717) is 12.3 Å². The minimum absolute atomic E-state index is 0.269. The van der Waals surface area contributed by atoms with Gasteiger partial charge in [0, 0.05) is 44.0 Å². The third kappa shape index (κ3) is 4.59. The smallest absolute Gasteiger partial charge is 0.222 e. The van der Waals surface area contributed by atoms with Crippen molar-refractivity contribution in [1.29, 1.82) is 0 Å². The molecule has 0 aliphatic carbocycles. The molecule has 0 bridgehead atoms. The summed E-state index contributed by atoms with van der Waals surface area (Å²) in [6.07, 6.45) is 0.638. The van der Waals surface area contributed by atoms with Gasteiger partial charge in [0.2, 0.25) is 5.91 Å². The second-order valence-corrected chi connectivity index (χ2v) is 6.44. The summed E-state index contributed by atoms with van der Waals surface area (Å²) in [7, 11) is 0. The van der Waals surface area contributed by atoms with Gasteiger partial charge in [0.15, 0.2) is 5.11 Å². The molecular formula is C16H24N4OS. The molecule has 0 radical (unpaired) electrons. The largest absolute Gasteiger partial charge is 0.376 e. The summed E-state index contributed by atoms with van der Waals surface area (Å²) >= 11 is 4.82. The average Bonchev–Trinajstić information content (AvgIpc) is 2.47. The van der Waals surface area contributed by atoms with Gasteiger partial charge in [-0.2, -0.15) is 0 Å². The van der Waals surface area contributed by atoms with Crippen LogP contribution >= 0.6 is 12.2 Å². The first-order valence-corrected chi connectivity index (χ1v) is 8.06. The lowest BCUT2D eigenvalue weighted by Gasteiger charge is -2.36. The van der Waals surface area contributed by atoms with E-state index in [1.807, 2.05) is 29.2 Å². The molecule has 6 heteroatoms. The number of benzene rings is 1. The molecule has 1 aromatic carbocycles. The van der Waals surface area contributed by atoms with Crippen LogP contribution in [0.5, 0.6) is 0 Å². The maximum atomic E-state index is 12.1. The number of carbonyl (C=O) groups is 1. The Hall–Kier alpha value is -1.82. The van der Waals surface area contributed by atoms with Gasteiger partial charge in [0.05, 0.1) is 0 Å². The molecule has 120 valence electrons. The van der Waals surface area contributed by atoms with Gasteiger partial charge in [-0.05, 0) is 42.4 Å². The number of amides is 1. The van der Waals surface area contributed by atoms with Gasteiger partial charge in [-0.1, -0.05) is 13.8 Å². The number of thiocarbonyl (C=S) groups is 1. The Labute approximate surface area is 137 Å². The Morgan fingerprint density at radius 3 is 2.32 bits per heavy atom. The van der Waals surface area contributed by atoms with Crippen LogP contribution in [0.15, 0.2) is 24.3 Å². The van der Waals surface area contributed by atoms with Crippen LogP contribution in [-0.2, 0) is 4.79 Å². The van der Waals surface area contributed by atoms with Gasteiger partial charge in [-0.15, -0.1) is 0 Å². The molecule has 1 aromatic rings. The van der Waals surface area contributed by atoms with Crippen molar-refractivity contribution in [2.24, 2.45) is 11.7 Å². The minimum atomic E-state index is 0.269. The number of piperazine rings is 1. The van der Waals surface area contributed by atoms with E-state index < -0.39 is 0 Å². The van der Waals surface area contributed by atoms with Crippen LogP contribution in [0.4, 0.5) is 11.4 Å². The Balaban J connectivity index is 1.88. The number of hydrogen-bond acceptors (Lipinski definition) is 3. The first kappa shape index (κ1) is 16.5. The van der Waals surface area contributed by atoms with Crippen molar-refractivity contribution in [3.63, 3.8) is 0 Å². The van der Waals surface area contributed by atoms with E-state index in [1.54, 1.807) is 0 Å². The molecule has 0 unspecified atom stereocenters. The fourth-order valence-electron chi connectivity index (χ4n) is 2.59. The zero-order chi connectivity index (χ0) is 16.1. The van der Waals surface area contributed by atoms with Gasteiger partial charge < -0.3 is 20.9 Å². The number of nitrogens with one attached hydrogen (secondary N) is 1. The molecule has 0 atom stereocenters. The number of anilines is 2. The summed E-state index contributed by atoms with van der Waals surface area (Å²) in [6, 6.07) is 8.02. The van der Waals surface area contributed by atoms with E-state index in [-0.39, 0.29) is 11.0 Å². The number of nitrogens with zero attached hydrogens (tertiary/aromatic N) is 2. The summed E-state index contributed by atoms with van der Waals surface area (Å²) in [5, 5.41) is 3.18. The third-order valence-corrected chi connectivity index (χ3v) is 3.82. The molecule has 1 aliphatic rings. The molecule has 5 nitrogen and oxygen atoms in total. The molecule has 0 spiro atoms. The summed E-state index contributed by atoms with van der Waals surface area (Å²) < 4.78 is 0. The van der Waals surface area contributed by atoms with Crippen LogP contribution in [-0.4, -0.2) is 42.1 Å². The highest BCUT2D eigenvalue weighted by molar-refractivity contribution is 7.80. The first-order chi connectivity index (χ1) is 10.5. The maximum absolute atomic E-state index is 12.1. The van der Waals surface area contributed by atoms with Crippen molar-refractivity contribution in [3.8, 4) is 0 Å². The lowest BCUT2D eigenvalue weighted by Crippen LogP contribution is -2.49. The van der Waals surface area contributed by atoms with Gasteiger partial charge in [0.1, 0.15) is 0 Å². The van der Waals surface area contributed by atoms with Gasteiger partial charge in [-0.25, -0.2) is 0 Å². The van der Waals surface area contributed by atoms with E-state index in [1.165, 1.54) is 0 Å². The molecule has 1 heterocycles. The Morgan fingerprint density at radius 2 is 1.82 bits per heavy atom. The summed E-state index contributed by atoms with van der Waals surface area (Å²) in [6.45, 7) is 7.47. The van der Waals surface area contributed by atoms with Crippen LogP contribution in [0, 0.1) is 5.92 Å². The van der Waals surface area contributed by atoms with E-state index in [2.05, 4.69) is 24.1 Å². The van der Waals surface area contributed by atoms with Crippen LogP contribution in [0.2, 0.25) is 0 Å². The minimum Gasteiger partial charge on any atom is -0.376 e. The third-order valence-electron chi connectivity index (χ3n) is 3.72. The van der Waals surface area contributed by atoms with Crippen LogP contribution in [0.25, 0.3) is 0 Å².